The number of hydrogen-bond acceptors (Lipinski definition) is 8. The number of fused-ring (bicyclic) bond motifs is 1. The zero-order valence-electron chi connectivity index (χ0n) is 14.4. The summed E-state index contributed by atoms with van der Waals surface area (Å²) < 4.78 is 2.30. The highest BCUT2D eigenvalue weighted by molar-refractivity contribution is 8.00. The first-order valence-electron chi connectivity index (χ1n) is 8.25. The van der Waals surface area contributed by atoms with Gasteiger partial charge in [0.25, 0.3) is 0 Å². The van der Waals surface area contributed by atoms with Gasteiger partial charge in [0.05, 0.1) is 17.1 Å². The molecule has 0 bridgehead atoms. The number of anilines is 1. The van der Waals surface area contributed by atoms with Gasteiger partial charge in [-0.3, -0.25) is 10.1 Å². The van der Waals surface area contributed by atoms with Crippen LogP contribution in [0.5, 0.6) is 0 Å². The van der Waals surface area contributed by atoms with Gasteiger partial charge in [-0.25, -0.2) is 4.68 Å². The minimum absolute atomic E-state index is 0.0494. The molecule has 0 fully saturated rings. The first kappa shape index (κ1) is 18.1. The summed E-state index contributed by atoms with van der Waals surface area (Å²) in [6, 6.07) is 17.0. The summed E-state index contributed by atoms with van der Waals surface area (Å²) in [7, 11) is 0. The van der Waals surface area contributed by atoms with Crippen molar-refractivity contribution in [1.82, 2.24) is 25.2 Å². The largest absolute Gasteiger partial charge is 0.299 e. The van der Waals surface area contributed by atoms with Crippen molar-refractivity contribution >= 4 is 45.2 Å². The van der Waals surface area contributed by atoms with Crippen LogP contribution in [0, 0.1) is 11.3 Å². The molecule has 0 aliphatic carbocycles. The van der Waals surface area contributed by atoms with E-state index in [1.165, 1.54) is 23.1 Å². The van der Waals surface area contributed by atoms with Crippen LogP contribution in [0.15, 0.2) is 52.9 Å². The lowest BCUT2D eigenvalue weighted by Crippen LogP contribution is -2.19. The summed E-state index contributed by atoms with van der Waals surface area (Å²) in [5.74, 6) is 0.467. The molecule has 10 heteroatoms. The van der Waals surface area contributed by atoms with Crippen LogP contribution in [0.25, 0.3) is 11.0 Å². The standard InChI is InChI=1S/C18H13N7OS2/c19-9-12-5-7-13(8-6-12)11-27-18-23-22-17(28-18)20-16(26)10-25-15-4-2-1-3-14(15)21-24-25/h1-8H,10-11H2,(H,20,22,26). The Kier molecular flexibility index (Phi) is 5.27. The number of nitrogens with one attached hydrogen (secondary N) is 1. The highest BCUT2D eigenvalue weighted by atomic mass is 32.2. The Morgan fingerprint density at radius 3 is 2.79 bits per heavy atom. The van der Waals surface area contributed by atoms with Gasteiger partial charge < -0.3 is 0 Å². The third kappa shape index (κ3) is 4.16. The highest BCUT2D eigenvalue weighted by Gasteiger charge is 2.12. The number of benzene rings is 2. The van der Waals surface area contributed by atoms with Gasteiger partial charge in [0.1, 0.15) is 12.1 Å². The van der Waals surface area contributed by atoms with Crippen LogP contribution in [-0.2, 0) is 17.1 Å². The van der Waals surface area contributed by atoms with Crippen LogP contribution in [0.2, 0.25) is 0 Å². The van der Waals surface area contributed by atoms with E-state index in [9.17, 15) is 4.79 Å². The predicted octanol–water partition coefficient (Wildman–Crippen LogP) is 3.09. The lowest BCUT2D eigenvalue weighted by Gasteiger charge is -2.02. The topological polar surface area (TPSA) is 109 Å². The van der Waals surface area contributed by atoms with E-state index in [0.717, 1.165) is 20.9 Å². The smallest absolute Gasteiger partial charge is 0.248 e. The molecule has 4 aromatic rings. The molecule has 2 heterocycles. The Bertz CT molecular complexity index is 1160. The predicted molar refractivity (Wildman–Crippen MR) is 107 cm³/mol. The second kappa shape index (κ2) is 8.16. The zero-order valence-corrected chi connectivity index (χ0v) is 16.1. The molecule has 0 unspecified atom stereocenters. The molecule has 28 heavy (non-hydrogen) atoms. The second-order valence-corrected chi connectivity index (χ2v) is 7.95. The van der Waals surface area contributed by atoms with Crippen molar-refractivity contribution in [3.05, 3.63) is 59.7 Å². The molecule has 2 aromatic carbocycles. The van der Waals surface area contributed by atoms with E-state index in [-0.39, 0.29) is 12.5 Å². The molecule has 0 saturated heterocycles. The van der Waals surface area contributed by atoms with Crippen molar-refractivity contribution in [2.45, 2.75) is 16.6 Å². The number of nitriles is 1. The number of para-hydroxylation sites is 1. The number of rotatable bonds is 6. The normalized spacial score (nSPS) is 10.7. The molecule has 0 radical (unpaired) electrons. The van der Waals surface area contributed by atoms with Crippen LogP contribution >= 0.6 is 23.1 Å². The van der Waals surface area contributed by atoms with E-state index in [1.54, 1.807) is 16.8 Å². The Morgan fingerprint density at radius 1 is 1.14 bits per heavy atom. The van der Waals surface area contributed by atoms with Gasteiger partial charge in [-0.15, -0.1) is 15.3 Å². The average molecular weight is 407 g/mol. The quantitative estimate of drug-likeness (QED) is 0.386. The summed E-state index contributed by atoms with van der Waals surface area (Å²) >= 11 is 2.84. The summed E-state index contributed by atoms with van der Waals surface area (Å²) in [5, 5.41) is 28.2. The van der Waals surface area contributed by atoms with Crippen LogP contribution in [0.1, 0.15) is 11.1 Å². The lowest BCUT2D eigenvalue weighted by atomic mass is 10.2. The zero-order chi connectivity index (χ0) is 19.3. The van der Waals surface area contributed by atoms with Crippen LogP contribution in [0.4, 0.5) is 5.13 Å². The van der Waals surface area contributed by atoms with Gasteiger partial charge in [-0.1, -0.05) is 52.6 Å². The van der Waals surface area contributed by atoms with Gasteiger partial charge in [-0.05, 0) is 29.8 Å². The number of carbonyl (C=O) groups excluding carboxylic acids is 1. The van der Waals surface area contributed by atoms with Gasteiger partial charge >= 0.3 is 0 Å². The molecule has 1 amide bonds. The minimum Gasteiger partial charge on any atom is -0.299 e. The maximum atomic E-state index is 12.3. The Labute approximate surface area is 168 Å². The van der Waals surface area contributed by atoms with Crippen LogP contribution < -0.4 is 5.32 Å². The molecular formula is C18H13N7OS2. The molecule has 8 nitrogen and oxygen atoms in total. The minimum atomic E-state index is -0.240. The van der Waals surface area contributed by atoms with Crippen molar-refractivity contribution in [2.24, 2.45) is 0 Å². The van der Waals surface area contributed by atoms with Gasteiger partial charge in [-0.2, -0.15) is 5.26 Å². The van der Waals surface area contributed by atoms with E-state index in [0.29, 0.717) is 16.4 Å². The van der Waals surface area contributed by atoms with E-state index in [4.69, 9.17) is 5.26 Å². The summed E-state index contributed by atoms with van der Waals surface area (Å²) in [4.78, 5) is 12.3. The highest BCUT2D eigenvalue weighted by Crippen LogP contribution is 2.28. The number of thioether (sulfide) groups is 1. The second-order valence-electron chi connectivity index (χ2n) is 5.75. The molecular weight excluding hydrogens is 394 g/mol. The molecule has 138 valence electrons. The van der Waals surface area contributed by atoms with Crippen molar-refractivity contribution < 1.29 is 4.79 Å². The maximum Gasteiger partial charge on any atom is 0.248 e. The molecule has 0 atom stereocenters. The fraction of sp³-hybridized carbons (Fsp3) is 0.111. The van der Waals surface area contributed by atoms with E-state index >= 15 is 0 Å². The lowest BCUT2D eigenvalue weighted by molar-refractivity contribution is -0.116. The molecule has 2 aromatic heterocycles. The van der Waals surface area contributed by atoms with E-state index in [2.05, 4.69) is 31.9 Å². The molecule has 0 aliphatic rings. The Balaban J connectivity index is 1.33. The number of amides is 1. The fourth-order valence-electron chi connectivity index (χ4n) is 2.47. The maximum absolute atomic E-state index is 12.3. The molecule has 4 rings (SSSR count). The van der Waals surface area contributed by atoms with Crippen LogP contribution in [-0.4, -0.2) is 31.1 Å². The van der Waals surface area contributed by atoms with Gasteiger partial charge in [0.15, 0.2) is 4.34 Å². The van der Waals surface area contributed by atoms with Crippen molar-refractivity contribution in [1.29, 1.82) is 5.26 Å². The molecule has 0 aliphatic heterocycles. The number of carbonyl (C=O) groups is 1. The monoisotopic (exact) mass is 407 g/mol. The summed E-state index contributed by atoms with van der Waals surface area (Å²) in [6.45, 7) is 0.0494. The van der Waals surface area contributed by atoms with Gasteiger partial charge in [0, 0.05) is 5.75 Å². The molecule has 0 saturated carbocycles. The van der Waals surface area contributed by atoms with Crippen LogP contribution in [0.3, 0.4) is 0 Å². The fourth-order valence-corrected chi connectivity index (χ4v) is 4.19. The first-order valence-corrected chi connectivity index (χ1v) is 10.0. The Morgan fingerprint density at radius 2 is 1.96 bits per heavy atom. The van der Waals surface area contributed by atoms with E-state index < -0.39 is 0 Å². The number of aromatic nitrogens is 5. The van der Waals surface area contributed by atoms with Gasteiger partial charge in [0.2, 0.25) is 11.0 Å². The number of hydrogen-bond donors (Lipinski definition) is 1. The van der Waals surface area contributed by atoms with Crippen molar-refractivity contribution in [2.75, 3.05) is 5.32 Å². The Hall–Kier alpha value is -3.29. The summed E-state index contributed by atoms with van der Waals surface area (Å²) in [6.07, 6.45) is 0. The average Bonchev–Trinajstić information content (AvgIpc) is 3.34. The van der Waals surface area contributed by atoms with Crippen molar-refractivity contribution in [3.8, 4) is 6.07 Å². The first-order chi connectivity index (χ1) is 13.7. The third-order valence-corrected chi connectivity index (χ3v) is 5.85. The third-order valence-electron chi connectivity index (χ3n) is 3.81. The summed E-state index contributed by atoms with van der Waals surface area (Å²) in [5.41, 5.74) is 3.26. The van der Waals surface area contributed by atoms with Crippen molar-refractivity contribution in [3.63, 3.8) is 0 Å². The van der Waals surface area contributed by atoms with E-state index in [1.807, 2.05) is 36.4 Å². The molecule has 0 spiro atoms. The number of nitrogens with zero attached hydrogens (tertiary/aromatic N) is 6. The SMILES string of the molecule is N#Cc1ccc(CSc2nnc(NC(=O)Cn3nnc4ccccc43)s2)cc1. The molecule has 1 N–H and O–H groups in total.